The van der Waals surface area contributed by atoms with Gasteiger partial charge in [0.05, 0.1) is 17.8 Å². The molecule has 0 saturated heterocycles. The number of carbonyl (C=O) groups excluding carboxylic acids is 2. The third-order valence-corrected chi connectivity index (χ3v) is 5.09. The first-order valence-electron chi connectivity index (χ1n) is 10.3. The zero-order chi connectivity index (χ0) is 23.2. The van der Waals surface area contributed by atoms with E-state index in [0.717, 1.165) is 22.0 Å². The van der Waals surface area contributed by atoms with Crippen LogP contribution in [0.2, 0.25) is 0 Å². The molecule has 2 N–H and O–H groups in total. The zero-order valence-corrected chi connectivity index (χ0v) is 17.9. The topological polar surface area (TPSA) is 99.3 Å². The summed E-state index contributed by atoms with van der Waals surface area (Å²) in [6.07, 6.45) is 3.61. The highest BCUT2D eigenvalue weighted by Gasteiger charge is 2.08. The molecule has 3 aromatic carbocycles. The number of hydrazone groups is 1. The first-order chi connectivity index (χ1) is 16.0. The van der Waals surface area contributed by atoms with Crippen molar-refractivity contribution in [3.05, 3.63) is 101 Å². The molecule has 4 aromatic rings. The minimum absolute atomic E-state index is 0.171. The summed E-state index contributed by atoms with van der Waals surface area (Å²) in [7, 11) is 0. The molecule has 0 aliphatic heterocycles. The number of fused-ring (bicyclic) bond motifs is 1. The van der Waals surface area contributed by atoms with Crippen LogP contribution in [-0.4, -0.2) is 22.6 Å². The SMILES string of the molecule is CC(=O)Nc1ccc(C(=O)N/N=C\c2cn(Cc3ccc(C#N)cc3)c3ccccc23)cc1. The number of hydrogen-bond acceptors (Lipinski definition) is 4. The van der Waals surface area contributed by atoms with Crippen molar-refractivity contribution in [3.8, 4) is 6.07 Å². The molecule has 33 heavy (non-hydrogen) atoms. The summed E-state index contributed by atoms with van der Waals surface area (Å²) in [5.41, 5.74) is 7.23. The summed E-state index contributed by atoms with van der Waals surface area (Å²) in [6, 6.07) is 24.2. The Morgan fingerprint density at radius 2 is 1.76 bits per heavy atom. The van der Waals surface area contributed by atoms with Gasteiger partial charge in [-0.05, 0) is 48.0 Å². The van der Waals surface area contributed by atoms with Gasteiger partial charge in [0.2, 0.25) is 5.91 Å². The molecule has 0 bridgehead atoms. The average molecular weight is 435 g/mol. The van der Waals surface area contributed by atoms with E-state index in [1.165, 1.54) is 6.92 Å². The van der Waals surface area contributed by atoms with Crippen LogP contribution in [0, 0.1) is 11.3 Å². The molecular formula is C26H21N5O2. The minimum Gasteiger partial charge on any atom is -0.342 e. The highest BCUT2D eigenvalue weighted by Crippen LogP contribution is 2.21. The van der Waals surface area contributed by atoms with Crippen LogP contribution in [0.3, 0.4) is 0 Å². The summed E-state index contributed by atoms with van der Waals surface area (Å²) in [6.45, 7) is 2.07. The number of para-hydroxylation sites is 1. The number of nitriles is 1. The van der Waals surface area contributed by atoms with Crippen molar-refractivity contribution in [3.63, 3.8) is 0 Å². The van der Waals surface area contributed by atoms with E-state index in [0.29, 0.717) is 23.4 Å². The molecule has 0 atom stereocenters. The lowest BCUT2D eigenvalue weighted by Crippen LogP contribution is -2.17. The molecule has 0 aliphatic carbocycles. The van der Waals surface area contributed by atoms with Gasteiger partial charge < -0.3 is 9.88 Å². The summed E-state index contributed by atoms with van der Waals surface area (Å²) < 4.78 is 2.11. The second kappa shape index (κ2) is 9.62. The van der Waals surface area contributed by atoms with Crippen LogP contribution in [-0.2, 0) is 11.3 Å². The average Bonchev–Trinajstić information content (AvgIpc) is 3.17. The molecule has 0 unspecified atom stereocenters. The van der Waals surface area contributed by atoms with Crippen LogP contribution in [0.5, 0.6) is 0 Å². The van der Waals surface area contributed by atoms with Crippen molar-refractivity contribution in [2.45, 2.75) is 13.5 Å². The van der Waals surface area contributed by atoms with E-state index >= 15 is 0 Å². The van der Waals surface area contributed by atoms with Gasteiger partial charge in [0, 0.05) is 47.4 Å². The molecule has 1 aromatic heterocycles. The van der Waals surface area contributed by atoms with Gasteiger partial charge in [0.1, 0.15) is 0 Å². The fourth-order valence-corrected chi connectivity index (χ4v) is 3.52. The first kappa shape index (κ1) is 21.5. The quantitative estimate of drug-likeness (QED) is 0.349. The third-order valence-electron chi connectivity index (χ3n) is 5.09. The number of amides is 2. The van der Waals surface area contributed by atoms with E-state index in [9.17, 15) is 9.59 Å². The maximum Gasteiger partial charge on any atom is 0.271 e. The summed E-state index contributed by atoms with van der Waals surface area (Å²) >= 11 is 0. The number of anilines is 1. The maximum atomic E-state index is 12.4. The summed E-state index contributed by atoms with van der Waals surface area (Å²) in [5.74, 6) is -0.517. The predicted molar refractivity (Wildman–Crippen MR) is 128 cm³/mol. The first-order valence-corrected chi connectivity index (χ1v) is 10.3. The Kier molecular flexibility index (Phi) is 6.28. The van der Waals surface area contributed by atoms with E-state index in [4.69, 9.17) is 5.26 Å². The van der Waals surface area contributed by atoms with E-state index in [1.807, 2.05) is 54.7 Å². The van der Waals surface area contributed by atoms with Gasteiger partial charge in [-0.15, -0.1) is 0 Å². The Morgan fingerprint density at radius 3 is 2.45 bits per heavy atom. The number of aromatic nitrogens is 1. The fourth-order valence-electron chi connectivity index (χ4n) is 3.52. The number of nitrogens with zero attached hydrogens (tertiary/aromatic N) is 3. The lowest BCUT2D eigenvalue weighted by atomic mass is 10.1. The maximum absolute atomic E-state index is 12.4. The Balaban J connectivity index is 1.49. The molecule has 1 heterocycles. The van der Waals surface area contributed by atoms with Gasteiger partial charge in [-0.3, -0.25) is 9.59 Å². The highest BCUT2D eigenvalue weighted by molar-refractivity contribution is 6.00. The predicted octanol–water partition coefficient (Wildman–Crippen LogP) is 4.28. The van der Waals surface area contributed by atoms with Crippen molar-refractivity contribution >= 4 is 34.6 Å². The Bertz CT molecular complexity index is 1380. The molecular weight excluding hydrogens is 414 g/mol. The number of rotatable bonds is 6. The van der Waals surface area contributed by atoms with Gasteiger partial charge in [0.15, 0.2) is 0 Å². The van der Waals surface area contributed by atoms with Gasteiger partial charge in [-0.25, -0.2) is 5.43 Å². The standard InChI is InChI=1S/C26H21N5O2/c1-18(32)29-23-12-10-21(11-13-23)26(33)30-28-15-22-17-31(25-5-3-2-4-24(22)25)16-20-8-6-19(14-27)7-9-20/h2-13,15,17H,16H2,1H3,(H,29,32)(H,30,33)/b28-15-. The third kappa shape index (κ3) is 5.14. The van der Waals surface area contributed by atoms with Crippen molar-refractivity contribution in [2.75, 3.05) is 5.32 Å². The van der Waals surface area contributed by atoms with Gasteiger partial charge in [0.25, 0.3) is 5.91 Å². The molecule has 0 aliphatic rings. The summed E-state index contributed by atoms with van der Waals surface area (Å²) in [5, 5.41) is 16.8. The zero-order valence-electron chi connectivity index (χ0n) is 17.9. The largest absolute Gasteiger partial charge is 0.342 e. The van der Waals surface area contributed by atoms with Crippen molar-refractivity contribution in [1.82, 2.24) is 9.99 Å². The molecule has 7 heteroatoms. The minimum atomic E-state index is -0.345. The van der Waals surface area contributed by atoms with Crippen molar-refractivity contribution in [1.29, 1.82) is 5.26 Å². The molecule has 4 rings (SSSR count). The number of hydrogen-bond donors (Lipinski definition) is 2. The van der Waals surface area contributed by atoms with E-state index in [2.05, 4.69) is 26.5 Å². The van der Waals surface area contributed by atoms with Crippen LogP contribution < -0.4 is 10.7 Å². The van der Waals surface area contributed by atoms with Crippen molar-refractivity contribution in [2.24, 2.45) is 5.10 Å². The Labute approximate surface area is 191 Å². The monoisotopic (exact) mass is 435 g/mol. The van der Waals surface area contributed by atoms with E-state index in [1.54, 1.807) is 30.5 Å². The number of nitrogens with one attached hydrogen (secondary N) is 2. The molecule has 0 radical (unpaired) electrons. The van der Waals surface area contributed by atoms with Crippen LogP contribution in [0.25, 0.3) is 10.9 Å². The lowest BCUT2D eigenvalue weighted by molar-refractivity contribution is -0.114. The Hall–Kier alpha value is -4.70. The summed E-state index contributed by atoms with van der Waals surface area (Å²) in [4.78, 5) is 23.5. The smallest absolute Gasteiger partial charge is 0.271 e. The molecule has 162 valence electrons. The van der Waals surface area contributed by atoms with Gasteiger partial charge >= 0.3 is 0 Å². The molecule has 0 saturated carbocycles. The van der Waals surface area contributed by atoms with Crippen LogP contribution in [0.4, 0.5) is 5.69 Å². The number of benzene rings is 3. The van der Waals surface area contributed by atoms with Gasteiger partial charge in [-0.1, -0.05) is 30.3 Å². The van der Waals surface area contributed by atoms with Gasteiger partial charge in [-0.2, -0.15) is 10.4 Å². The normalized spacial score (nSPS) is 10.8. The van der Waals surface area contributed by atoms with Crippen LogP contribution in [0.1, 0.15) is 34.0 Å². The Morgan fingerprint density at radius 1 is 1.03 bits per heavy atom. The molecule has 0 spiro atoms. The van der Waals surface area contributed by atoms with E-state index in [-0.39, 0.29) is 11.8 Å². The molecule has 2 amide bonds. The number of carbonyl (C=O) groups is 2. The van der Waals surface area contributed by atoms with Crippen molar-refractivity contribution < 1.29 is 9.59 Å². The molecule has 0 fully saturated rings. The van der Waals surface area contributed by atoms with E-state index < -0.39 is 0 Å². The lowest BCUT2D eigenvalue weighted by Gasteiger charge is -2.05. The fraction of sp³-hybridized carbons (Fsp3) is 0.0769. The molecule has 7 nitrogen and oxygen atoms in total. The van der Waals surface area contributed by atoms with Crippen LogP contribution in [0.15, 0.2) is 84.1 Å². The van der Waals surface area contributed by atoms with Crippen LogP contribution >= 0.6 is 0 Å². The second-order valence-corrected chi connectivity index (χ2v) is 7.50. The second-order valence-electron chi connectivity index (χ2n) is 7.50. The highest BCUT2D eigenvalue weighted by atomic mass is 16.2.